The molecule has 0 bridgehead atoms. The Labute approximate surface area is 115 Å². The van der Waals surface area contributed by atoms with Crippen LogP contribution < -0.4 is 5.73 Å². The van der Waals surface area contributed by atoms with Crippen molar-refractivity contribution in [3.63, 3.8) is 0 Å². The standard InChI is InChI=1S/C13H10Cl2N2O/c14-11-2-1-8(6-12(11)15)13(18)9-3-4-17-10(5-9)7-16/h1-6H,7,16H2. The zero-order valence-electron chi connectivity index (χ0n) is 9.36. The fourth-order valence-electron chi connectivity index (χ4n) is 1.54. The highest BCUT2D eigenvalue weighted by Gasteiger charge is 2.11. The topological polar surface area (TPSA) is 56.0 Å². The van der Waals surface area contributed by atoms with Gasteiger partial charge in [0.2, 0.25) is 0 Å². The Bertz CT molecular complexity index is 599. The van der Waals surface area contributed by atoms with Crippen molar-refractivity contribution < 1.29 is 4.79 Å². The Morgan fingerprint density at radius 3 is 2.50 bits per heavy atom. The van der Waals surface area contributed by atoms with E-state index in [0.29, 0.717) is 33.4 Å². The van der Waals surface area contributed by atoms with Crippen molar-refractivity contribution in [1.82, 2.24) is 4.98 Å². The van der Waals surface area contributed by atoms with Gasteiger partial charge in [-0.2, -0.15) is 0 Å². The zero-order valence-corrected chi connectivity index (χ0v) is 10.9. The first-order chi connectivity index (χ1) is 8.61. The van der Waals surface area contributed by atoms with E-state index in [4.69, 9.17) is 28.9 Å². The predicted octanol–water partition coefficient (Wildman–Crippen LogP) is 3.08. The van der Waals surface area contributed by atoms with Crippen LogP contribution in [0, 0.1) is 0 Å². The summed E-state index contributed by atoms with van der Waals surface area (Å²) in [4.78, 5) is 16.2. The number of hydrogen-bond acceptors (Lipinski definition) is 3. The molecule has 0 aliphatic rings. The highest BCUT2D eigenvalue weighted by molar-refractivity contribution is 6.42. The molecular weight excluding hydrogens is 271 g/mol. The van der Waals surface area contributed by atoms with Crippen molar-refractivity contribution in [2.24, 2.45) is 5.73 Å². The van der Waals surface area contributed by atoms with Crippen molar-refractivity contribution in [2.75, 3.05) is 0 Å². The van der Waals surface area contributed by atoms with E-state index in [0.717, 1.165) is 0 Å². The van der Waals surface area contributed by atoms with Crippen LogP contribution in [-0.2, 0) is 6.54 Å². The molecule has 2 aromatic rings. The number of pyridine rings is 1. The van der Waals surface area contributed by atoms with Gasteiger partial charge in [-0.05, 0) is 30.3 Å². The van der Waals surface area contributed by atoms with E-state index in [-0.39, 0.29) is 5.78 Å². The van der Waals surface area contributed by atoms with Gasteiger partial charge in [-0.1, -0.05) is 23.2 Å². The van der Waals surface area contributed by atoms with Crippen molar-refractivity contribution in [3.05, 3.63) is 63.4 Å². The fraction of sp³-hybridized carbons (Fsp3) is 0.0769. The molecule has 0 aliphatic carbocycles. The molecule has 1 aromatic carbocycles. The summed E-state index contributed by atoms with van der Waals surface area (Å²) in [5.74, 6) is -0.134. The van der Waals surface area contributed by atoms with Crippen molar-refractivity contribution in [3.8, 4) is 0 Å². The number of nitrogens with zero attached hydrogens (tertiary/aromatic N) is 1. The third-order valence-electron chi connectivity index (χ3n) is 2.47. The fourth-order valence-corrected chi connectivity index (χ4v) is 1.83. The predicted molar refractivity (Wildman–Crippen MR) is 72.0 cm³/mol. The van der Waals surface area contributed by atoms with Crippen LogP contribution >= 0.6 is 23.2 Å². The van der Waals surface area contributed by atoms with E-state index in [2.05, 4.69) is 4.98 Å². The number of carbonyl (C=O) groups excluding carboxylic acids is 1. The van der Waals surface area contributed by atoms with Crippen molar-refractivity contribution >= 4 is 29.0 Å². The van der Waals surface area contributed by atoms with Crippen LogP contribution in [0.3, 0.4) is 0 Å². The molecule has 0 aliphatic heterocycles. The number of halogens is 2. The van der Waals surface area contributed by atoms with Gasteiger partial charge in [-0.15, -0.1) is 0 Å². The summed E-state index contributed by atoms with van der Waals surface area (Å²) >= 11 is 11.7. The average molecular weight is 281 g/mol. The van der Waals surface area contributed by atoms with E-state index in [9.17, 15) is 4.79 Å². The molecule has 0 saturated carbocycles. The Kier molecular flexibility index (Phi) is 3.97. The number of ketones is 1. The summed E-state index contributed by atoms with van der Waals surface area (Å²) < 4.78 is 0. The van der Waals surface area contributed by atoms with Crippen LogP contribution in [0.5, 0.6) is 0 Å². The quantitative estimate of drug-likeness (QED) is 0.879. The molecule has 92 valence electrons. The maximum atomic E-state index is 12.2. The summed E-state index contributed by atoms with van der Waals surface area (Å²) in [6.45, 7) is 0.294. The lowest BCUT2D eigenvalue weighted by molar-refractivity contribution is 0.103. The number of hydrogen-bond donors (Lipinski definition) is 1. The first-order valence-electron chi connectivity index (χ1n) is 5.26. The third-order valence-corrected chi connectivity index (χ3v) is 3.21. The largest absolute Gasteiger partial charge is 0.325 e. The molecule has 0 saturated heterocycles. The van der Waals surface area contributed by atoms with Gasteiger partial charge >= 0.3 is 0 Å². The first kappa shape index (κ1) is 13.0. The molecule has 0 amide bonds. The minimum absolute atomic E-state index is 0.134. The molecule has 1 aromatic heterocycles. The highest BCUT2D eigenvalue weighted by Crippen LogP contribution is 2.23. The van der Waals surface area contributed by atoms with Gasteiger partial charge in [-0.3, -0.25) is 9.78 Å². The van der Waals surface area contributed by atoms with Crippen molar-refractivity contribution in [1.29, 1.82) is 0 Å². The number of nitrogens with two attached hydrogens (primary N) is 1. The van der Waals surface area contributed by atoms with E-state index in [1.54, 1.807) is 36.5 Å². The summed E-state index contributed by atoms with van der Waals surface area (Å²) in [7, 11) is 0. The third kappa shape index (κ3) is 2.70. The first-order valence-corrected chi connectivity index (χ1v) is 6.02. The van der Waals surface area contributed by atoms with Crippen LogP contribution in [0.1, 0.15) is 21.6 Å². The monoisotopic (exact) mass is 280 g/mol. The SMILES string of the molecule is NCc1cc(C(=O)c2ccc(Cl)c(Cl)c2)ccn1. The van der Waals surface area contributed by atoms with E-state index in [1.807, 2.05) is 0 Å². The lowest BCUT2D eigenvalue weighted by Crippen LogP contribution is -2.05. The Morgan fingerprint density at radius 1 is 1.11 bits per heavy atom. The van der Waals surface area contributed by atoms with Crippen LogP contribution in [-0.4, -0.2) is 10.8 Å². The summed E-state index contributed by atoms with van der Waals surface area (Å²) in [5, 5.41) is 0.779. The molecule has 5 heteroatoms. The van der Waals surface area contributed by atoms with Crippen LogP contribution in [0.2, 0.25) is 10.0 Å². The number of benzene rings is 1. The second-order valence-electron chi connectivity index (χ2n) is 3.70. The van der Waals surface area contributed by atoms with Crippen LogP contribution in [0.4, 0.5) is 0 Å². The molecule has 2 rings (SSSR count). The zero-order chi connectivity index (χ0) is 13.1. The summed E-state index contributed by atoms with van der Waals surface area (Å²) in [6.07, 6.45) is 1.56. The van der Waals surface area contributed by atoms with Gasteiger partial charge in [-0.25, -0.2) is 0 Å². The summed E-state index contributed by atoms with van der Waals surface area (Å²) in [5.41, 5.74) is 7.17. The number of rotatable bonds is 3. The highest BCUT2D eigenvalue weighted by atomic mass is 35.5. The smallest absolute Gasteiger partial charge is 0.193 e. The lowest BCUT2D eigenvalue weighted by Gasteiger charge is -2.04. The maximum absolute atomic E-state index is 12.2. The molecule has 0 spiro atoms. The lowest BCUT2D eigenvalue weighted by atomic mass is 10.0. The molecule has 1 heterocycles. The molecule has 0 fully saturated rings. The van der Waals surface area contributed by atoms with Gasteiger partial charge in [0.25, 0.3) is 0 Å². The van der Waals surface area contributed by atoms with Gasteiger partial charge < -0.3 is 5.73 Å². The van der Waals surface area contributed by atoms with Gasteiger partial charge in [0.05, 0.1) is 15.7 Å². The number of aromatic nitrogens is 1. The van der Waals surface area contributed by atoms with E-state index in [1.165, 1.54) is 0 Å². The van der Waals surface area contributed by atoms with E-state index < -0.39 is 0 Å². The molecule has 0 unspecified atom stereocenters. The number of carbonyl (C=O) groups is 1. The minimum Gasteiger partial charge on any atom is -0.325 e. The molecule has 0 atom stereocenters. The molecule has 3 nitrogen and oxygen atoms in total. The molecule has 0 radical (unpaired) electrons. The van der Waals surface area contributed by atoms with E-state index >= 15 is 0 Å². The second kappa shape index (κ2) is 5.48. The maximum Gasteiger partial charge on any atom is 0.193 e. The average Bonchev–Trinajstić information content (AvgIpc) is 2.41. The van der Waals surface area contributed by atoms with Gasteiger partial charge in [0.1, 0.15) is 0 Å². The Hall–Kier alpha value is -1.42. The van der Waals surface area contributed by atoms with Crippen molar-refractivity contribution in [2.45, 2.75) is 6.54 Å². The van der Waals surface area contributed by atoms with Gasteiger partial charge in [0.15, 0.2) is 5.78 Å². The molecule has 18 heavy (non-hydrogen) atoms. The molecule has 2 N–H and O–H groups in total. The van der Waals surface area contributed by atoms with Gasteiger partial charge in [0, 0.05) is 23.9 Å². The normalized spacial score (nSPS) is 10.4. The Morgan fingerprint density at radius 2 is 1.83 bits per heavy atom. The summed E-state index contributed by atoms with van der Waals surface area (Å²) in [6, 6.07) is 8.10. The molecular formula is C13H10Cl2N2O. The second-order valence-corrected chi connectivity index (χ2v) is 4.51. The minimum atomic E-state index is -0.134. The van der Waals surface area contributed by atoms with Crippen LogP contribution in [0.15, 0.2) is 36.5 Å². The Balaban J connectivity index is 2.38. The van der Waals surface area contributed by atoms with Crippen LogP contribution in [0.25, 0.3) is 0 Å².